The number of fused-ring (bicyclic) bond motifs is 2. The second kappa shape index (κ2) is 8.92. The third kappa shape index (κ3) is 3.84. The number of aryl methyl sites for hydroxylation is 1. The quantitative estimate of drug-likeness (QED) is 0.380. The van der Waals surface area contributed by atoms with Crippen LogP contribution in [-0.2, 0) is 11.8 Å². The van der Waals surface area contributed by atoms with Gasteiger partial charge in [0.1, 0.15) is 30.7 Å². The Hall–Kier alpha value is -4.30. The molecule has 4 heterocycles. The van der Waals surface area contributed by atoms with Crippen molar-refractivity contribution in [3.8, 4) is 28.8 Å². The highest BCUT2D eigenvalue weighted by Gasteiger charge is 2.24. The normalized spacial score (nSPS) is 13.5. The average molecular weight is 460 g/mol. The van der Waals surface area contributed by atoms with Gasteiger partial charge in [-0.15, -0.1) is 0 Å². The monoisotopic (exact) mass is 460 g/mol. The molecule has 0 bridgehead atoms. The summed E-state index contributed by atoms with van der Waals surface area (Å²) in [7, 11) is 3.52. The standard InChI is InChI=1S/C23H24N8O3/c1-13(12-32-3)27-22-18-14(10-24)11-25-21(18)29-23(30-22)28-16-5-4-15(17-6-7-26-31(17)2)19-20(16)34-9-8-33-19/h4-7,11,13H,8-9,12H2,1-3H3,(H3,25,27,28,29,30)/t13-/m1/s1. The summed E-state index contributed by atoms with van der Waals surface area (Å²) in [4.78, 5) is 12.3. The SMILES string of the molecule is COC[C@@H](C)Nc1nc(Nc2ccc(-c3ccnn3C)c3c2OCCO3)nc2[nH]cc(C#N)c12. The molecule has 4 aromatic rings. The molecule has 1 atom stereocenters. The van der Waals surface area contributed by atoms with Gasteiger partial charge in [0.25, 0.3) is 0 Å². The number of nitriles is 1. The van der Waals surface area contributed by atoms with E-state index < -0.39 is 0 Å². The second-order valence-corrected chi connectivity index (χ2v) is 7.92. The zero-order valence-corrected chi connectivity index (χ0v) is 19.0. The summed E-state index contributed by atoms with van der Waals surface area (Å²) >= 11 is 0. The van der Waals surface area contributed by atoms with Crippen LogP contribution in [0, 0.1) is 11.3 Å². The summed E-state index contributed by atoms with van der Waals surface area (Å²) in [6.45, 7) is 3.34. The van der Waals surface area contributed by atoms with Crippen LogP contribution in [-0.4, -0.2) is 57.7 Å². The van der Waals surface area contributed by atoms with Crippen molar-refractivity contribution in [2.45, 2.75) is 13.0 Å². The van der Waals surface area contributed by atoms with Crippen molar-refractivity contribution in [1.29, 1.82) is 5.26 Å². The van der Waals surface area contributed by atoms with Gasteiger partial charge in [-0.05, 0) is 25.1 Å². The van der Waals surface area contributed by atoms with E-state index in [-0.39, 0.29) is 6.04 Å². The molecule has 1 aliphatic rings. The summed E-state index contributed by atoms with van der Waals surface area (Å²) in [5.41, 5.74) is 3.47. The number of methoxy groups -OCH3 is 1. The van der Waals surface area contributed by atoms with Crippen molar-refractivity contribution in [3.05, 3.63) is 36.2 Å². The molecule has 1 aliphatic heterocycles. The number of anilines is 3. The third-order valence-electron chi connectivity index (χ3n) is 5.48. The number of nitrogens with one attached hydrogen (secondary N) is 3. The van der Waals surface area contributed by atoms with Crippen molar-refractivity contribution in [2.24, 2.45) is 7.05 Å². The molecule has 0 aliphatic carbocycles. The van der Waals surface area contributed by atoms with E-state index in [9.17, 15) is 5.26 Å². The third-order valence-corrected chi connectivity index (χ3v) is 5.48. The lowest BCUT2D eigenvalue weighted by Crippen LogP contribution is -2.22. The maximum absolute atomic E-state index is 9.52. The van der Waals surface area contributed by atoms with E-state index in [4.69, 9.17) is 14.2 Å². The minimum absolute atomic E-state index is 0.0277. The van der Waals surface area contributed by atoms with Gasteiger partial charge in [0.05, 0.1) is 28.9 Å². The zero-order chi connectivity index (χ0) is 23.7. The molecule has 5 rings (SSSR count). The summed E-state index contributed by atoms with van der Waals surface area (Å²) in [6.07, 6.45) is 3.36. The molecule has 3 N–H and O–H groups in total. The molecule has 0 saturated carbocycles. The van der Waals surface area contributed by atoms with Crippen LogP contribution in [0.5, 0.6) is 11.5 Å². The van der Waals surface area contributed by atoms with Crippen molar-refractivity contribution in [3.63, 3.8) is 0 Å². The van der Waals surface area contributed by atoms with Crippen LogP contribution in [0.15, 0.2) is 30.6 Å². The maximum atomic E-state index is 9.52. The summed E-state index contributed by atoms with van der Waals surface area (Å²) in [5.74, 6) is 2.10. The summed E-state index contributed by atoms with van der Waals surface area (Å²) < 4.78 is 19.0. The Morgan fingerprint density at radius 2 is 2.06 bits per heavy atom. The highest BCUT2D eigenvalue weighted by molar-refractivity contribution is 5.94. The van der Waals surface area contributed by atoms with Crippen molar-refractivity contribution < 1.29 is 14.2 Å². The lowest BCUT2D eigenvalue weighted by atomic mass is 10.1. The zero-order valence-electron chi connectivity index (χ0n) is 19.0. The molecule has 174 valence electrons. The average Bonchev–Trinajstić information content (AvgIpc) is 3.45. The van der Waals surface area contributed by atoms with Gasteiger partial charge in [0.15, 0.2) is 11.5 Å². The highest BCUT2D eigenvalue weighted by atomic mass is 16.6. The van der Waals surface area contributed by atoms with Crippen LogP contribution in [0.25, 0.3) is 22.3 Å². The van der Waals surface area contributed by atoms with E-state index in [2.05, 4.69) is 36.8 Å². The van der Waals surface area contributed by atoms with E-state index in [0.717, 1.165) is 11.3 Å². The molecule has 11 nitrogen and oxygen atoms in total. The van der Waals surface area contributed by atoms with Crippen LogP contribution < -0.4 is 20.1 Å². The first-order chi connectivity index (χ1) is 16.6. The highest BCUT2D eigenvalue weighted by Crippen LogP contribution is 2.45. The number of aromatic amines is 1. The molecule has 0 radical (unpaired) electrons. The van der Waals surface area contributed by atoms with E-state index in [0.29, 0.717) is 65.4 Å². The lowest BCUT2D eigenvalue weighted by Gasteiger charge is -2.24. The van der Waals surface area contributed by atoms with Crippen LogP contribution in [0.1, 0.15) is 12.5 Å². The maximum Gasteiger partial charge on any atom is 0.231 e. The minimum atomic E-state index is -0.0277. The fraction of sp³-hybridized carbons (Fsp3) is 0.304. The minimum Gasteiger partial charge on any atom is -0.485 e. The van der Waals surface area contributed by atoms with Gasteiger partial charge in [-0.1, -0.05) is 0 Å². The molecule has 11 heteroatoms. The fourth-order valence-corrected chi connectivity index (χ4v) is 4.00. The molecule has 0 unspecified atom stereocenters. The van der Waals surface area contributed by atoms with E-state index in [1.165, 1.54) is 0 Å². The van der Waals surface area contributed by atoms with Gasteiger partial charge in [-0.2, -0.15) is 20.3 Å². The molecule has 3 aromatic heterocycles. The Kier molecular flexibility index (Phi) is 5.65. The molecular formula is C23H24N8O3. The molecular weight excluding hydrogens is 436 g/mol. The number of H-pyrrole nitrogens is 1. The van der Waals surface area contributed by atoms with Crippen molar-refractivity contribution in [2.75, 3.05) is 37.6 Å². The first-order valence-corrected chi connectivity index (χ1v) is 10.8. The summed E-state index contributed by atoms with van der Waals surface area (Å²) in [6, 6.07) is 7.94. The molecule has 34 heavy (non-hydrogen) atoms. The smallest absolute Gasteiger partial charge is 0.231 e. The number of aromatic nitrogens is 5. The van der Waals surface area contributed by atoms with E-state index >= 15 is 0 Å². The molecule has 0 amide bonds. The Labute approximate surface area is 195 Å². The predicted molar refractivity (Wildman–Crippen MR) is 126 cm³/mol. The predicted octanol–water partition coefficient (Wildman–Crippen LogP) is 3.19. The number of hydrogen-bond donors (Lipinski definition) is 3. The van der Waals surface area contributed by atoms with Gasteiger partial charge in [-0.25, -0.2) is 0 Å². The van der Waals surface area contributed by atoms with Gasteiger partial charge >= 0.3 is 0 Å². The van der Waals surface area contributed by atoms with Gasteiger partial charge in [0, 0.05) is 38.2 Å². The molecule has 0 saturated heterocycles. The van der Waals surface area contributed by atoms with Crippen molar-refractivity contribution in [1.82, 2.24) is 24.7 Å². The van der Waals surface area contributed by atoms with Crippen LogP contribution in [0.2, 0.25) is 0 Å². The topological polar surface area (TPSA) is 135 Å². The number of nitrogens with zero attached hydrogens (tertiary/aromatic N) is 5. The van der Waals surface area contributed by atoms with Crippen LogP contribution in [0.3, 0.4) is 0 Å². The number of hydrogen-bond acceptors (Lipinski definition) is 9. The summed E-state index contributed by atoms with van der Waals surface area (Å²) in [5, 5.41) is 21.0. The largest absolute Gasteiger partial charge is 0.485 e. The number of ether oxygens (including phenoxy) is 3. The Bertz CT molecular complexity index is 1390. The molecule has 0 fully saturated rings. The van der Waals surface area contributed by atoms with Gasteiger partial charge in [-0.3, -0.25) is 4.68 Å². The molecule has 1 aromatic carbocycles. The molecule has 0 spiro atoms. The Morgan fingerprint density at radius 3 is 2.79 bits per heavy atom. The van der Waals surface area contributed by atoms with Gasteiger partial charge in [0.2, 0.25) is 5.95 Å². The van der Waals surface area contributed by atoms with Crippen molar-refractivity contribution >= 4 is 28.5 Å². The Morgan fingerprint density at radius 1 is 1.24 bits per heavy atom. The van der Waals surface area contributed by atoms with Gasteiger partial charge < -0.3 is 29.8 Å². The first kappa shape index (κ1) is 21.5. The van der Waals surface area contributed by atoms with E-state index in [1.54, 1.807) is 24.2 Å². The first-order valence-electron chi connectivity index (χ1n) is 10.8. The Balaban J connectivity index is 1.56. The van der Waals surface area contributed by atoms with Crippen LogP contribution >= 0.6 is 0 Å². The second-order valence-electron chi connectivity index (χ2n) is 7.92. The van der Waals surface area contributed by atoms with Crippen LogP contribution in [0.4, 0.5) is 17.5 Å². The fourth-order valence-electron chi connectivity index (χ4n) is 4.00. The lowest BCUT2D eigenvalue weighted by molar-refractivity contribution is 0.173. The van der Waals surface area contributed by atoms with E-state index in [1.807, 2.05) is 32.2 Å². The number of benzene rings is 1. The number of rotatable bonds is 7.